The second kappa shape index (κ2) is 10.1. The molecule has 158 valence electrons. The molecule has 2 amide bonds. The number of hydrogen-bond donors (Lipinski definition) is 1. The van der Waals surface area contributed by atoms with Gasteiger partial charge in [0.15, 0.2) is 6.61 Å². The minimum atomic E-state index is -0.638. The van der Waals surface area contributed by atoms with E-state index in [0.29, 0.717) is 36.8 Å². The van der Waals surface area contributed by atoms with Gasteiger partial charge < -0.3 is 20.3 Å². The third kappa shape index (κ3) is 5.50. The standard InChI is InChI=1S/C21H22FN3O4S/c22-16-6-2-3-7-17(16)24-9-11-25(12-10-24)20(27)13-29-21(28)15-5-1-4-8-18(15)30-14-19(23)26/h1-8H,9-14H2,(H2,23,26). The summed E-state index contributed by atoms with van der Waals surface area (Å²) in [4.78, 5) is 39.9. The number of primary amides is 1. The van der Waals surface area contributed by atoms with Crippen molar-refractivity contribution in [3.05, 3.63) is 59.9 Å². The Bertz CT molecular complexity index is 932. The molecule has 1 aliphatic heterocycles. The van der Waals surface area contributed by atoms with E-state index in [4.69, 9.17) is 10.5 Å². The molecule has 0 aromatic heterocycles. The van der Waals surface area contributed by atoms with E-state index in [0.717, 1.165) is 11.8 Å². The number of rotatable bonds is 7. The summed E-state index contributed by atoms with van der Waals surface area (Å²) in [5.74, 6) is -1.69. The van der Waals surface area contributed by atoms with Gasteiger partial charge >= 0.3 is 5.97 Å². The highest BCUT2D eigenvalue weighted by molar-refractivity contribution is 8.00. The zero-order chi connectivity index (χ0) is 21.5. The van der Waals surface area contributed by atoms with Crippen LogP contribution in [0.15, 0.2) is 53.4 Å². The lowest BCUT2D eigenvalue weighted by atomic mass is 10.2. The highest BCUT2D eigenvalue weighted by Gasteiger charge is 2.24. The molecule has 7 nitrogen and oxygen atoms in total. The van der Waals surface area contributed by atoms with Crippen molar-refractivity contribution in [2.24, 2.45) is 5.73 Å². The van der Waals surface area contributed by atoms with Crippen LogP contribution >= 0.6 is 11.8 Å². The molecule has 2 N–H and O–H groups in total. The predicted octanol–water partition coefficient (Wildman–Crippen LogP) is 1.91. The van der Waals surface area contributed by atoms with E-state index in [1.165, 1.54) is 6.07 Å². The summed E-state index contributed by atoms with van der Waals surface area (Å²) in [6, 6.07) is 13.2. The zero-order valence-corrected chi connectivity index (χ0v) is 17.1. The van der Waals surface area contributed by atoms with Gasteiger partial charge in [-0.25, -0.2) is 9.18 Å². The first-order valence-corrected chi connectivity index (χ1v) is 10.4. The first kappa shape index (κ1) is 21.6. The minimum absolute atomic E-state index is 0.0372. The number of para-hydroxylation sites is 1. The van der Waals surface area contributed by atoms with Crippen molar-refractivity contribution in [1.82, 2.24) is 4.90 Å². The lowest BCUT2D eigenvalue weighted by Gasteiger charge is -2.36. The van der Waals surface area contributed by atoms with Gasteiger partial charge in [-0.05, 0) is 24.3 Å². The van der Waals surface area contributed by atoms with E-state index in [-0.39, 0.29) is 29.6 Å². The molecule has 0 radical (unpaired) electrons. The Labute approximate surface area is 178 Å². The highest BCUT2D eigenvalue weighted by atomic mass is 32.2. The number of nitrogens with two attached hydrogens (primary N) is 1. The Morgan fingerprint density at radius 2 is 1.67 bits per heavy atom. The number of piperazine rings is 1. The molecule has 9 heteroatoms. The Balaban J connectivity index is 1.51. The van der Waals surface area contributed by atoms with Crippen LogP contribution in [0.1, 0.15) is 10.4 Å². The number of halogens is 1. The van der Waals surface area contributed by atoms with Crippen molar-refractivity contribution in [1.29, 1.82) is 0 Å². The number of carbonyl (C=O) groups is 3. The van der Waals surface area contributed by atoms with Crippen LogP contribution in [0.4, 0.5) is 10.1 Å². The fourth-order valence-electron chi connectivity index (χ4n) is 3.11. The number of amides is 2. The number of anilines is 1. The number of esters is 1. The maximum Gasteiger partial charge on any atom is 0.339 e. The van der Waals surface area contributed by atoms with Gasteiger partial charge in [-0.15, -0.1) is 11.8 Å². The molecule has 1 heterocycles. The number of hydrogen-bond acceptors (Lipinski definition) is 6. The molecule has 0 unspecified atom stereocenters. The molecule has 1 fully saturated rings. The normalized spacial score (nSPS) is 13.8. The van der Waals surface area contributed by atoms with Gasteiger partial charge in [0, 0.05) is 31.1 Å². The van der Waals surface area contributed by atoms with E-state index in [2.05, 4.69) is 0 Å². The summed E-state index contributed by atoms with van der Waals surface area (Å²) in [6.07, 6.45) is 0. The first-order chi connectivity index (χ1) is 14.5. The largest absolute Gasteiger partial charge is 0.452 e. The fraction of sp³-hybridized carbons (Fsp3) is 0.286. The maximum absolute atomic E-state index is 13.9. The van der Waals surface area contributed by atoms with Crippen molar-refractivity contribution < 1.29 is 23.5 Å². The zero-order valence-electron chi connectivity index (χ0n) is 16.3. The fourth-order valence-corrected chi connectivity index (χ4v) is 3.89. The Kier molecular flexibility index (Phi) is 7.29. The molecule has 0 spiro atoms. The van der Waals surface area contributed by atoms with Crippen LogP contribution in [-0.4, -0.2) is 61.2 Å². The average molecular weight is 431 g/mol. The molecule has 0 aliphatic carbocycles. The van der Waals surface area contributed by atoms with Crippen molar-refractivity contribution in [2.75, 3.05) is 43.4 Å². The van der Waals surface area contributed by atoms with Crippen molar-refractivity contribution in [3.63, 3.8) is 0 Å². The summed E-state index contributed by atoms with van der Waals surface area (Å²) in [5, 5.41) is 0. The molecule has 1 aliphatic rings. The quantitative estimate of drug-likeness (QED) is 0.532. The lowest BCUT2D eigenvalue weighted by molar-refractivity contribution is -0.134. The topological polar surface area (TPSA) is 92.9 Å². The van der Waals surface area contributed by atoms with Crippen LogP contribution in [0.2, 0.25) is 0 Å². The summed E-state index contributed by atoms with van der Waals surface area (Å²) in [5.41, 5.74) is 5.95. The van der Waals surface area contributed by atoms with Crippen LogP contribution in [0, 0.1) is 5.82 Å². The Hall–Kier alpha value is -3.07. The monoisotopic (exact) mass is 431 g/mol. The van der Waals surface area contributed by atoms with Gasteiger partial charge in [-0.3, -0.25) is 9.59 Å². The van der Waals surface area contributed by atoms with Crippen LogP contribution in [0.3, 0.4) is 0 Å². The molecular formula is C21H22FN3O4S. The number of thioether (sulfide) groups is 1. The van der Waals surface area contributed by atoms with Gasteiger partial charge in [0.2, 0.25) is 5.91 Å². The minimum Gasteiger partial charge on any atom is -0.452 e. The number of benzene rings is 2. The summed E-state index contributed by atoms with van der Waals surface area (Å²) in [6.45, 7) is 1.43. The number of carbonyl (C=O) groups excluding carboxylic acids is 3. The average Bonchev–Trinajstić information content (AvgIpc) is 2.76. The van der Waals surface area contributed by atoms with Crippen LogP contribution < -0.4 is 10.6 Å². The third-order valence-electron chi connectivity index (χ3n) is 4.63. The Morgan fingerprint density at radius 1 is 1.00 bits per heavy atom. The highest BCUT2D eigenvalue weighted by Crippen LogP contribution is 2.23. The van der Waals surface area contributed by atoms with Gasteiger partial charge in [0.05, 0.1) is 17.0 Å². The van der Waals surface area contributed by atoms with Gasteiger partial charge in [-0.1, -0.05) is 24.3 Å². The van der Waals surface area contributed by atoms with Crippen LogP contribution in [0.25, 0.3) is 0 Å². The van der Waals surface area contributed by atoms with E-state index < -0.39 is 11.9 Å². The third-order valence-corrected chi connectivity index (χ3v) is 5.73. The van der Waals surface area contributed by atoms with E-state index >= 15 is 0 Å². The molecular weight excluding hydrogens is 409 g/mol. The summed E-state index contributed by atoms with van der Waals surface area (Å²) < 4.78 is 19.1. The maximum atomic E-state index is 13.9. The van der Waals surface area contributed by atoms with Gasteiger partial charge in [-0.2, -0.15) is 0 Å². The Morgan fingerprint density at radius 3 is 2.37 bits per heavy atom. The van der Waals surface area contributed by atoms with Gasteiger partial charge in [0.1, 0.15) is 5.82 Å². The van der Waals surface area contributed by atoms with Crippen LogP contribution in [-0.2, 0) is 14.3 Å². The van der Waals surface area contributed by atoms with Crippen molar-refractivity contribution in [3.8, 4) is 0 Å². The number of nitrogens with zero attached hydrogens (tertiary/aromatic N) is 2. The first-order valence-electron chi connectivity index (χ1n) is 9.40. The molecule has 1 saturated heterocycles. The predicted molar refractivity (Wildman–Crippen MR) is 112 cm³/mol. The molecule has 2 aromatic carbocycles. The SMILES string of the molecule is NC(=O)CSc1ccccc1C(=O)OCC(=O)N1CCN(c2ccccc2F)CC1. The van der Waals surface area contributed by atoms with Crippen LogP contribution in [0.5, 0.6) is 0 Å². The summed E-state index contributed by atoms with van der Waals surface area (Å²) >= 11 is 1.14. The lowest BCUT2D eigenvalue weighted by Crippen LogP contribution is -2.50. The van der Waals surface area contributed by atoms with Crippen molar-refractivity contribution >= 4 is 35.2 Å². The summed E-state index contributed by atoms with van der Waals surface area (Å²) in [7, 11) is 0. The second-order valence-electron chi connectivity index (χ2n) is 6.65. The molecule has 0 bridgehead atoms. The van der Waals surface area contributed by atoms with Gasteiger partial charge in [0.25, 0.3) is 5.91 Å². The second-order valence-corrected chi connectivity index (χ2v) is 7.66. The van der Waals surface area contributed by atoms with E-state index in [1.54, 1.807) is 47.4 Å². The molecule has 0 saturated carbocycles. The van der Waals surface area contributed by atoms with E-state index in [1.807, 2.05) is 4.90 Å². The van der Waals surface area contributed by atoms with Crippen molar-refractivity contribution in [2.45, 2.75) is 4.90 Å². The molecule has 2 aromatic rings. The molecule has 30 heavy (non-hydrogen) atoms. The smallest absolute Gasteiger partial charge is 0.339 e. The number of ether oxygens (including phenoxy) is 1. The van der Waals surface area contributed by atoms with E-state index in [9.17, 15) is 18.8 Å². The molecule has 0 atom stereocenters. The molecule has 3 rings (SSSR count).